The van der Waals surface area contributed by atoms with E-state index >= 15 is 0 Å². The Labute approximate surface area is 171 Å². The van der Waals surface area contributed by atoms with Crippen molar-refractivity contribution in [2.75, 3.05) is 5.32 Å². The normalized spacial score (nSPS) is 10.9. The molecule has 3 aromatic carbocycles. The summed E-state index contributed by atoms with van der Waals surface area (Å²) < 4.78 is 0. The van der Waals surface area contributed by atoms with Gasteiger partial charge in [-0.25, -0.2) is 9.97 Å². The zero-order chi connectivity index (χ0) is 20.9. The summed E-state index contributed by atoms with van der Waals surface area (Å²) in [7, 11) is 0. The van der Waals surface area contributed by atoms with Crippen LogP contribution in [0.1, 0.15) is 20.8 Å². The van der Waals surface area contributed by atoms with Crippen LogP contribution in [0.2, 0.25) is 0 Å². The lowest BCUT2D eigenvalue weighted by atomic mass is 10.0. The Morgan fingerprint density at radius 2 is 1.70 bits per heavy atom. The number of nitrogens with one attached hydrogen (secondary N) is 1. The number of benzene rings is 3. The monoisotopic (exact) mass is 397 g/mol. The van der Waals surface area contributed by atoms with Crippen LogP contribution in [0.4, 0.5) is 17.2 Å². The molecule has 0 saturated heterocycles. The van der Waals surface area contributed by atoms with Crippen molar-refractivity contribution in [2.24, 2.45) is 10.2 Å². The lowest BCUT2D eigenvalue weighted by molar-refractivity contribution is 0.102. The van der Waals surface area contributed by atoms with Crippen molar-refractivity contribution in [1.29, 1.82) is 0 Å². The molecule has 0 aliphatic rings. The fourth-order valence-corrected chi connectivity index (χ4v) is 2.91. The number of azo groups is 1. The number of aldehydes is 1. The average Bonchev–Trinajstić information content (AvgIpc) is 2.79. The third-order valence-corrected chi connectivity index (χ3v) is 4.33. The number of anilines is 1. The van der Waals surface area contributed by atoms with Crippen molar-refractivity contribution < 1.29 is 14.7 Å². The Bertz CT molecular complexity index is 1270. The smallest absolute Gasteiger partial charge is 0.259 e. The van der Waals surface area contributed by atoms with Crippen molar-refractivity contribution in [3.8, 4) is 5.75 Å². The molecule has 0 aliphatic heterocycles. The molecule has 8 nitrogen and oxygen atoms in total. The van der Waals surface area contributed by atoms with Gasteiger partial charge in [-0.15, -0.1) is 10.2 Å². The van der Waals surface area contributed by atoms with Gasteiger partial charge in [-0.1, -0.05) is 42.5 Å². The lowest BCUT2D eigenvalue weighted by Crippen LogP contribution is -2.12. The third-order valence-electron chi connectivity index (χ3n) is 4.33. The van der Waals surface area contributed by atoms with Crippen LogP contribution in [0.3, 0.4) is 0 Å². The molecule has 8 heteroatoms. The SMILES string of the molecule is O=Cc1nccnc1N=Nc1c(O)c(C(=O)Nc2ccccc2)cc2ccccc12. The van der Waals surface area contributed by atoms with Gasteiger partial charge in [0.1, 0.15) is 11.4 Å². The minimum Gasteiger partial charge on any atom is -0.505 e. The van der Waals surface area contributed by atoms with E-state index in [1.165, 1.54) is 12.4 Å². The molecule has 0 radical (unpaired) electrons. The summed E-state index contributed by atoms with van der Waals surface area (Å²) in [6.07, 6.45) is 3.26. The number of amides is 1. The maximum absolute atomic E-state index is 12.8. The van der Waals surface area contributed by atoms with E-state index in [-0.39, 0.29) is 28.5 Å². The molecule has 0 atom stereocenters. The third kappa shape index (κ3) is 3.74. The second kappa shape index (κ2) is 8.27. The summed E-state index contributed by atoms with van der Waals surface area (Å²) in [5.41, 5.74) is 0.742. The summed E-state index contributed by atoms with van der Waals surface area (Å²) in [4.78, 5) is 31.8. The highest BCUT2D eigenvalue weighted by atomic mass is 16.3. The van der Waals surface area contributed by atoms with Crippen LogP contribution in [0.15, 0.2) is 83.3 Å². The van der Waals surface area contributed by atoms with Gasteiger partial charge in [0.2, 0.25) is 5.82 Å². The maximum Gasteiger partial charge on any atom is 0.259 e. The van der Waals surface area contributed by atoms with Gasteiger partial charge in [-0.05, 0) is 23.6 Å². The van der Waals surface area contributed by atoms with Gasteiger partial charge in [0.15, 0.2) is 12.0 Å². The highest BCUT2D eigenvalue weighted by Gasteiger charge is 2.18. The zero-order valence-corrected chi connectivity index (χ0v) is 15.6. The van der Waals surface area contributed by atoms with E-state index < -0.39 is 5.91 Å². The van der Waals surface area contributed by atoms with Crippen molar-refractivity contribution in [1.82, 2.24) is 9.97 Å². The van der Waals surface area contributed by atoms with Crippen molar-refractivity contribution in [2.45, 2.75) is 0 Å². The van der Waals surface area contributed by atoms with Gasteiger partial charge < -0.3 is 10.4 Å². The summed E-state index contributed by atoms with van der Waals surface area (Å²) in [6.45, 7) is 0. The number of carbonyl (C=O) groups is 2. The largest absolute Gasteiger partial charge is 0.505 e. The minimum atomic E-state index is -0.492. The quantitative estimate of drug-likeness (QED) is 0.370. The van der Waals surface area contributed by atoms with Crippen LogP contribution >= 0.6 is 0 Å². The number of hydrogen-bond donors (Lipinski definition) is 2. The van der Waals surface area contributed by atoms with Crippen LogP contribution in [-0.4, -0.2) is 27.3 Å². The van der Waals surface area contributed by atoms with E-state index in [2.05, 4.69) is 25.5 Å². The second-order valence-electron chi connectivity index (χ2n) is 6.25. The molecule has 0 bridgehead atoms. The number of aromatic hydroxyl groups is 1. The van der Waals surface area contributed by atoms with Crippen LogP contribution in [-0.2, 0) is 0 Å². The molecule has 1 aromatic heterocycles. The van der Waals surface area contributed by atoms with E-state index in [4.69, 9.17) is 0 Å². The first-order valence-corrected chi connectivity index (χ1v) is 8.96. The fourth-order valence-electron chi connectivity index (χ4n) is 2.91. The summed E-state index contributed by atoms with van der Waals surface area (Å²) in [5, 5.41) is 22.9. The molecule has 0 aliphatic carbocycles. The predicted octanol–water partition coefficient (Wildman–Crippen LogP) is 4.82. The lowest BCUT2D eigenvalue weighted by Gasteiger charge is -2.11. The zero-order valence-electron chi connectivity index (χ0n) is 15.6. The molecule has 1 amide bonds. The molecule has 1 heterocycles. The first-order valence-electron chi connectivity index (χ1n) is 8.96. The van der Waals surface area contributed by atoms with Gasteiger partial charge in [0, 0.05) is 23.5 Å². The van der Waals surface area contributed by atoms with Crippen molar-refractivity contribution in [3.63, 3.8) is 0 Å². The number of aromatic nitrogens is 2. The average molecular weight is 397 g/mol. The first-order chi connectivity index (χ1) is 14.7. The first kappa shape index (κ1) is 18.9. The van der Waals surface area contributed by atoms with Crippen LogP contribution in [0, 0.1) is 0 Å². The molecular weight excluding hydrogens is 382 g/mol. The Morgan fingerprint density at radius 1 is 0.967 bits per heavy atom. The van der Waals surface area contributed by atoms with Gasteiger partial charge in [-0.3, -0.25) is 9.59 Å². The Hall–Kier alpha value is -4.46. The molecule has 4 rings (SSSR count). The van der Waals surface area contributed by atoms with Gasteiger partial charge in [-0.2, -0.15) is 0 Å². The number of phenolic OH excluding ortho intramolecular Hbond substituents is 1. The standard InChI is InChI=1S/C22H15N5O3/c28-13-18-21(24-11-10-23-18)27-26-19-16-9-5-4-6-14(16)12-17(20(19)29)22(30)25-15-7-2-1-3-8-15/h1-13,29H,(H,25,30). The molecule has 0 spiro atoms. The number of hydrogen-bond acceptors (Lipinski definition) is 7. The van der Waals surface area contributed by atoms with Crippen LogP contribution < -0.4 is 5.32 Å². The number of para-hydroxylation sites is 1. The predicted molar refractivity (Wildman–Crippen MR) is 112 cm³/mol. The number of fused-ring (bicyclic) bond motifs is 1. The van der Waals surface area contributed by atoms with Crippen molar-refractivity contribution in [3.05, 3.63) is 84.3 Å². The number of phenols is 1. The Kier molecular flexibility index (Phi) is 5.21. The Morgan fingerprint density at radius 3 is 2.50 bits per heavy atom. The molecule has 146 valence electrons. The summed E-state index contributed by atoms with van der Waals surface area (Å²) in [5.74, 6) is -0.813. The van der Waals surface area contributed by atoms with Crippen LogP contribution in [0.5, 0.6) is 5.75 Å². The van der Waals surface area contributed by atoms with E-state index in [0.717, 1.165) is 0 Å². The van der Waals surface area contributed by atoms with E-state index in [0.29, 0.717) is 22.7 Å². The highest BCUT2D eigenvalue weighted by molar-refractivity contribution is 6.11. The van der Waals surface area contributed by atoms with Crippen molar-refractivity contribution >= 4 is 40.2 Å². The van der Waals surface area contributed by atoms with Gasteiger partial charge in [0.25, 0.3) is 5.91 Å². The van der Waals surface area contributed by atoms with Crippen LogP contribution in [0.25, 0.3) is 10.8 Å². The fraction of sp³-hybridized carbons (Fsp3) is 0. The molecule has 0 unspecified atom stereocenters. The Balaban J connectivity index is 1.80. The topological polar surface area (TPSA) is 117 Å². The number of rotatable bonds is 5. The van der Waals surface area contributed by atoms with E-state index in [1.807, 2.05) is 12.1 Å². The number of nitrogens with zero attached hydrogens (tertiary/aromatic N) is 4. The molecular formula is C22H15N5O3. The van der Waals surface area contributed by atoms with Gasteiger partial charge in [0.05, 0.1) is 5.56 Å². The number of carbonyl (C=O) groups excluding carboxylic acids is 2. The summed E-state index contributed by atoms with van der Waals surface area (Å²) >= 11 is 0. The molecule has 2 N–H and O–H groups in total. The summed E-state index contributed by atoms with van der Waals surface area (Å²) in [6, 6.07) is 17.6. The van der Waals surface area contributed by atoms with E-state index in [9.17, 15) is 14.7 Å². The molecule has 0 fully saturated rings. The minimum absolute atomic E-state index is 0.00937. The molecule has 30 heavy (non-hydrogen) atoms. The maximum atomic E-state index is 12.8. The van der Waals surface area contributed by atoms with E-state index in [1.54, 1.807) is 48.5 Å². The van der Waals surface area contributed by atoms with Gasteiger partial charge >= 0.3 is 0 Å². The second-order valence-corrected chi connectivity index (χ2v) is 6.25. The highest BCUT2D eigenvalue weighted by Crippen LogP contribution is 2.39. The molecule has 0 saturated carbocycles. The molecule has 4 aromatic rings.